The lowest BCUT2D eigenvalue weighted by Gasteiger charge is -2.33. The standard InChI is InChI=1S/C15H23N3O3/c1-11(2)21-14-5-4-13(8-16-14)9-17-15(19)18-6-7-20-10-12(18)3/h4-5,8,11-12H,6-7,9-10H2,1-3H3,(H,17,19)/t12-/m0/s1. The normalized spacial score (nSPS) is 18.7. The summed E-state index contributed by atoms with van der Waals surface area (Å²) in [5, 5.41) is 2.91. The molecule has 2 heterocycles. The maximum Gasteiger partial charge on any atom is 0.318 e. The molecule has 1 aliphatic rings. The molecule has 1 aromatic rings. The van der Waals surface area contributed by atoms with Crippen molar-refractivity contribution in [3.63, 3.8) is 0 Å². The Balaban J connectivity index is 1.83. The fourth-order valence-corrected chi connectivity index (χ4v) is 2.13. The highest BCUT2D eigenvalue weighted by Gasteiger charge is 2.23. The summed E-state index contributed by atoms with van der Waals surface area (Å²) < 4.78 is 10.8. The monoisotopic (exact) mass is 293 g/mol. The molecule has 1 fully saturated rings. The number of hydrogen-bond acceptors (Lipinski definition) is 4. The van der Waals surface area contributed by atoms with Crippen molar-refractivity contribution in [2.24, 2.45) is 0 Å². The van der Waals surface area contributed by atoms with Crippen LogP contribution in [0.15, 0.2) is 18.3 Å². The highest BCUT2D eigenvalue weighted by Crippen LogP contribution is 2.10. The van der Waals surface area contributed by atoms with Gasteiger partial charge in [0.05, 0.1) is 25.4 Å². The van der Waals surface area contributed by atoms with Crippen LogP contribution in [0.1, 0.15) is 26.3 Å². The maximum absolute atomic E-state index is 12.1. The third kappa shape index (κ3) is 4.60. The van der Waals surface area contributed by atoms with E-state index in [1.54, 1.807) is 11.1 Å². The smallest absolute Gasteiger partial charge is 0.318 e. The Morgan fingerprint density at radius 3 is 3.00 bits per heavy atom. The topological polar surface area (TPSA) is 63.7 Å². The number of amides is 2. The highest BCUT2D eigenvalue weighted by atomic mass is 16.5. The number of pyridine rings is 1. The fraction of sp³-hybridized carbons (Fsp3) is 0.600. The lowest BCUT2D eigenvalue weighted by molar-refractivity contribution is 0.0190. The van der Waals surface area contributed by atoms with Crippen molar-refractivity contribution in [1.29, 1.82) is 0 Å². The number of carbonyl (C=O) groups is 1. The summed E-state index contributed by atoms with van der Waals surface area (Å²) >= 11 is 0. The Bertz CT molecular complexity index is 462. The van der Waals surface area contributed by atoms with Crippen LogP contribution in [0.25, 0.3) is 0 Å². The summed E-state index contributed by atoms with van der Waals surface area (Å²) in [6.07, 6.45) is 1.83. The van der Waals surface area contributed by atoms with Gasteiger partial charge in [0.1, 0.15) is 0 Å². The Hall–Kier alpha value is -1.82. The number of carbonyl (C=O) groups excluding carboxylic acids is 1. The Kier molecular flexibility index (Phi) is 5.38. The molecule has 0 aromatic carbocycles. The van der Waals surface area contributed by atoms with E-state index in [4.69, 9.17) is 9.47 Å². The van der Waals surface area contributed by atoms with Crippen LogP contribution in [0.3, 0.4) is 0 Å². The van der Waals surface area contributed by atoms with Crippen molar-refractivity contribution in [3.8, 4) is 5.88 Å². The number of hydrogen-bond donors (Lipinski definition) is 1. The molecule has 0 saturated carbocycles. The quantitative estimate of drug-likeness (QED) is 0.919. The average molecular weight is 293 g/mol. The van der Waals surface area contributed by atoms with Crippen molar-refractivity contribution < 1.29 is 14.3 Å². The van der Waals surface area contributed by atoms with E-state index in [0.717, 1.165) is 5.56 Å². The van der Waals surface area contributed by atoms with Gasteiger partial charge in [-0.3, -0.25) is 0 Å². The van der Waals surface area contributed by atoms with Gasteiger partial charge in [-0.15, -0.1) is 0 Å². The van der Waals surface area contributed by atoms with Crippen molar-refractivity contribution >= 4 is 6.03 Å². The summed E-state index contributed by atoms with van der Waals surface area (Å²) in [6.45, 7) is 8.18. The molecule has 21 heavy (non-hydrogen) atoms. The minimum atomic E-state index is -0.0618. The van der Waals surface area contributed by atoms with Gasteiger partial charge < -0.3 is 19.7 Å². The molecule has 1 saturated heterocycles. The minimum absolute atomic E-state index is 0.0618. The molecular weight excluding hydrogens is 270 g/mol. The third-order valence-corrected chi connectivity index (χ3v) is 3.23. The van der Waals surface area contributed by atoms with Gasteiger partial charge in [-0.2, -0.15) is 0 Å². The van der Waals surface area contributed by atoms with Gasteiger partial charge >= 0.3 is 6.03 Å². The van der Waals surface area contributed by atoms with Gasteiger partial charge in [-0.05, 0) is 26.3 Å². The van der Waals surface area contributed by atoms with Gasteiger partial charge in [-0.25, -0.2) is 9.78 Å². The molecular formula is C15H23N3O3. The molecule has 2 amide bonds. The third-order valence-electron chi connectivity index (χ3n) is 3.23. The molecule has 0 bridgehead atoms. The largest absolute Gasteiger partial charge is 0.475 e. The van der Waals surface area contributed by atoms with E-state index >= 15 is 0 Å². The first-order valence-electron chi connectivity index (χ1n) is 7.30. The van der Waals surface area contributed by atoms with E-state index in [1.165, 1.54) is 0 Å². The number of aromatic nitrogens is 1. The van der Waals surface area contributed by atoms with E-state index in [-0.39, 0.29) is 18.2 Å². The van der Waals surface area contributed by atoms with Crippen LogP contribution >= 0.6 is 0 Å². The van der Waals surface area contributed by atoms with E-state index in [1.807, 2.05) is 32.9 Å². The maximum atomic E-state index is 12.1. The summed E-state index contributed by atoms with van der Waals surface area (Å²) in [5.74, 6) is 0.599. The van der Waals surface area contributed by atoms with Crippen LogP contribution in [-0.2, 0) is 11.3 Å². The number of urea groups is 1. The van der Waals surface area contributed by atoms with Crippen molar-refractivity contribution in [1.82, 2.24) is 15.2 Å². The minimum Gasteiger partial charge on any atom is -0.475 e. The zero-order valence-corrected chi connectivity index (χ0v) is 12.8. The van der Waals surface area contributed by atoms with Gasteiger partial charge in [0, 0.05) is 25.4 Å². The van der Waals surface area contributed by atoms with E-state index in [0.29, 0.717) is 32.2 Å². The number of nitrogens with zero attached hydrogens (tertiary/aromatic N) is 2. The summed E-state index contributed by atoms with van der Waals surface area (Å²) in [7, 11) is 0. The fourth-order valence-electron chi connectivity index (χ4n) is 2.13. The molecule has 6 nitrogen and oxygen atoms in total. The van der Waals surface area contributed by atoms with E-state index in [9.17, 15) is 4.79 Å². The number of nitrogens with one attached hydrogen (secondary N) is 1. The predicted octanol–water partition coefficient (Wildman–Crippen LogP) is 1.80. The second-order valence-corrected chi connectivity index (χ2v) is 5.45. The Morgan fingerprint density at radius 2 is 2.38 bits per heavy atom. The zero-order chi connectivity index (χ0) is 15.2. The Morgan fingerprint density at radius 1 is 1.57 bits per heavy atom. The second-order valence-electron chi connectivity index (χ2n) is 5.45. The van der Waals surface area contributed by atoms with Crippen molar-refractivity contribution in [3.05, 3.63) is 23.9 Å². The van der Waals surface area contributed by atoms with Crippen LogP contribution < -0.4 is 10.1 Å². The first-order chi connectivity index (χ1) is 10.1. The SMILES string of the molecule is CC(C)Oc1ccc(CNC(=O)N2CCOC[C@@H]2C)cn1. The molecule has 0 unspecified atom stereocenters. The summed E-state index contributed by atoms with van der Waals surface area (Å²) in [4.78, 5) is 18.1. The lowest BCUT2D eigenvalue weighted by Crippen LogP contribution is -2.51. The first kappa shape index (κ1) is 15.6. The van der Waals surface area contributed by atoms with Gasteiger partial charge in [-0.1, -0.05) is 6.07 Å². The molecule has 0 radical (unpaired) electrons. The van der Waals surface area contributed by atoms with Crippen LogP contribution in [0.2, 0.25) is 0 Å². The van der Waals surface area contributed by atoms with Crippen LogP contribution in [0.4, 0.5) is 4.79 Å². The molecule has 116 valence electrons. The average Bonchev–Trinajstić information content (AvgIpc) is 2.46. The molecule has 2 rings (SSSR count). The zero-order valence-electron chi connectivity index (χ0n) is 12.8. The van der Waals surface area contributed by atoms with Crippen molar-refractivity contribution in [2.75, 3.05) is 19.8 Å². The van der Waals surface area contributed by atoms with Crippen molar-refractivity contribution in [2.45, 2.75) is 39.5 Å². The molecule has 6 heteroatoms. The van der Waals surface area contributed by atoms with E-state index < -0.39 is 0 Å². The second kappa shape index (κ2) is 7.26. The predicted molar refractivity (Wildman–Crippen MR) is 79.2 cm³/mol. The van der Waals surface area contributed by atoms with Crippen LogP contribution in [0.5, 0.6) is 5.88 Å². The first-order valence-corrected chi connectivity index (χ1v) is 7.30. The molecule has 1 atom stereocenters. The summed E-state index contributed by atoms with van der Waals surface area (Å²) in [5.41, 5.74) is 0.945. The van der Waals surface area contributed by atoms with Gasteiger partial charge in [0.25, 0.3) is 0 Å². The molecule has 1 N–H and O–H groups in total. The highest BCUT2D eigenvalue weighted by molar-refractivity contribution is 5.74. The molecule has 1 aromatic heterocycles. The van der Waals surface area contributed by atoms with E-state index in [2.05, 4.69) is 10.3 Å². The molecule has 0 spiro atoms. The van der Waals surface area contributed by atoms with Gasteiger partial charge in [0.2, 0.25) is 5.88 Å². The molecule has 0 aliphatic carbocycles. The van der Waals surface area contributed by atoms with Gasteiger partial charge in [0.15, 0.2) is 0 Å². The Labute approximate surface area is 125 Å². The van der Waals surface area contributed by atoms with Crippen LogP contribution in [0, 0.1) is 0 Å². The summed E-state index contributed by atoms with van der Waals surface area (Å²) in [6, 6.07) is 3.78. The number of ether oxygens (including phenoxy) is 2. The number of morpholine rings is 1. The molecule has 1 aliphatic heterocycles. The lowest BCUT2D eigenvalue weighted by atomic mass is 10.2. The van der Waals surface area contributed by atoms with Crippen LogP contribution in [-0.4, -0.2) is 47.8 Å². The number of rotatable bonds is 4.